The van der Waals surface area contributed by atoms with Crippen molar-refractivity contribution in [1.82, 2.24) is 5.32 Å². The van der Waals surface area contributed by atoms with Crippen LogP contribution in [0.15, 0.2) is 66.7 Å². The van der Waals surface area contributed by atoms with Gasteiger partial charge in [0.2, 0.25) is 15.9 Å². The molecule has 0 heterocycles. The Bertz CT molecular complexity index is 1200. The molecular formula is C21H21N3O5S. The molecule has 0 aliphatic rings. The third kappa shape index (κ3) is 4.57. The smallest absolute Gasteiger partial charge is 0.271 e. The minimum absolute atomic E-state index is 0.0551. The number of hydrogen-bond donors (Lipinski definition) is 1. The molecule has 0 fully saturated rings. The van der Waals surface area contributed by atoms with Crippen molar-refractivity contribution in [2.45, 2.75) is 19.5 Å². The van der Waals surface area contributed by atoms with Gasteiger partial charge in [-0.15, -0.1) is 0 Å². The molecule has 0 saturated heterocycles. The molecule has 0 aromatic heterocycles. The van der Waals surface area contributed by atoms with E-state index in [1.54, 1.807) is 0 Å². The first-order valence-corrected chi connectivity index (χ1v) is 11.0. The third-order valence-electron chi connectivity index (χ3n) is 4.72. The second kappa shape index (κ2) is 8.50. The molecule has 1 N–H and O–H groups in total. The number of hydrogen-bond acceptors (Lipinski definition) is 5. The second-order valence-corrected chi connectivity index (χ2v) is 8.73. The predicted molar refractivity (Wildman–Crippen MR) is 116 cm³/mol. The SMILES string of the molecule is CC(C(=O)NCc1cccc2ccccc12)N(c1cccc([N+](=O)[O-])c1)S(C)(=O)=O. The average molecular weight is 427 g/mol. The van der Waals surface area contributed by atoms with E-state index in [1.807, 2.05) is 42.5 Å². The molecule has 1 amide bonds. The Balaban J connectivity index is 1.84. The second-order valence-electron chi connectivity index (χ2n) is 6.87. The topological polar surface area (TPSA) is 110 Å². The highest BCUT2D eigenvalue weighted by Crippen LogP contribution is 2.25. The van der Waals surface area contributed by atoms with Gasteiger partial charge in [0.05, 0.1) is 16.9 Å². The molecule has 3 aromatic carbocycles. The number of nitro groups is 1. The maximum absolute atomic E-state index is 12.8. The Morgan fingerprint density at radius 2 is 1.77 bits per heavy atom. The molecule has 1 unspecified atom stereocenters. The normalized spacial score (nSPS) is 12.3. The fourth-order valence-corrected chi connectivity index (χ4v) is 4.50. The molecule has 3 rings (SSSR count). The molecule has 0 saturated carbocycles. The molecule has 0 aliphatic heterocycles. The third-order valence-corrected chi connectivity index (χ3v) is 5.96. The summed E-state index contributed by atoms with van der Waals surface area (Å²) in [5.41, 5.74) is 0.693. The number of nitrogens with zero attached hydrogens (tertiary/aromatic N) is 2. The summed E-state index contributed by atoms with van der Waals surface area (Å²) in [6.07, 6.45) is 0.959. The van der Waals surface area contributed by atoms with Crippen molar-refractivity contribution in [2.75, 3.05) is 10.6 Å². The number of sulfonamides is 1. The van der Waals surface area contributed by atoms with E-state index in [0.717, 1.165) is 33.0 Å². The van der Waals surface area contributed by atoms with E-state index in [4.69, 9.17) is 0 Å². The zero-order valence-corrected chi connectivity index (χ0v) is 17.3. The first-order valence-electron chi connectivity index (χ1n) is 9.16. The lowest BCUT2D eigenvalue weighted by atomic mass is 10.0. The number of fused-ring (bicyclic) bond motifs is 1. The van der Waals surface area contributed by atoms with Gasteiger partial charge in [0.1, 0.15) is 6.04 Å². The largest absolute Gasteiger partial charge is 0.350 e. The summed E-state index contributed by atoms with van der Waals surface area (Å²) in [6, 6.07) is 17.6. The highest BCUT2D eigenvalue weighted by atomic mass is 32.2. The summed E-state index contributed by atoms with van der Waals surface area (Å²) in [6.45, 7) is 1.66. The Labute approximate surface area is 174 Å². The summed E-state index contributed by atoms with van der Waals surface area (Å²) < 4.78 is 25.7. The summed E-state index contributed by atoms with van der Waals surface area (Å²) in [5.74, 6) is -0.514. The first-order chi connectivity index (χ1) is 14.2. The van der Waals surface area contributed by atoms with Crippen molar-refractivity contribution < 1.29 is 18.1 Å². The summed E-state index contributed by atoms with van der Waals surface area (Å²) in [5, 5.41) is 15.9. The van der Waals surface area contributed by atoms with Gasteiger partial charge in [-0.3, -0.25) is 19.2 Å². The molecular weight excluding hydrogens is 406 g/mol. The number of amides is 1. The minimum Gasteiger partial charge on any atom is -0.350 e. The van der Waals surface area contributed by atoms with Crippen LogP contribution in [0, 0.1) is 10.1 Å². The number of carbonyl (C=O) groups excluding carboxylic acids is 1. The number of non-ortho nitro benzene ring substituents is 1. The summed E-state index contributed by atoms with van der Waals surface area (Å²) >= 11 is 0. The van der Waals surface area contributed by atoms with Crippen LogP contribution in [0.4, 0.5) is 11.4 Å². The van der Waals surface area contributed by atoms with E-state index >= 15 is 0 Å². The number of benzene rings is 3. The van der Waals surface area contributed by atoms with Crippen LogP contribution in [-0.2, 0) is 21.4 Å². The van der Waals surface area contributed by atoms with Crippen molar-refractivity contribution in [2.24, 2.45) is 0 Å². The molecule has 1 atom stereocenters. The van der Waals surface area contributed by atoms with Gasteiger partial charge in [-0.05, 0) is 29.3 Å². The van der Waals surface area contributed by atoms with Crippen molar-refractivity contribution in [3.05, 3.63) is 82.4 Å². The molecule has 156 valence electrons. The van der Waals surface area contributed by atoms with Gasteiger partial charge in [0.25, 0.3) is 5.69 Å². The lowest BCUT2D eigenvalue weighted by Crippen LogP contribution is -2.47. The van der Waals surface area contributed by atoms with Crippen molar-refractivity contribution >= 4 is 38.1 Å². The number of nitro benzene ring substituents is 1. The lowest BCUT2D eigenvalue weighted by Gasteiger charge is -2.28. The Morgan fingerprint density at radius 3 is 2.47 bits per heavy atom. The highest BCUT2D eigenvalue weighted by Gasteiger charge is 2.30. The van der Waals surface area contributed by atoms with Gasteiger partial charge in [-0.25, -0.2) is 8.42 Å². The van der Waals surface area contributed by atoms with Crippen LogP contribution in [0.5, 0.6) is 0 Å². The number of anilines is 1. The molecule has 0 spiro atoms. The van der Waals surface area contributed by atoms with Crippen molar-refractivity contribution in [3.8, 4) is 0 Å². The van der Waals surface area contributed by atoms with Crippen molar-refractivity contribution in [1.29, 1.82) is 0 Å². The number of carbonyl (C=O) groups is 1. The minimum atomic E-state index is -3.87. The van der Waals surface area contributed by atoms with E-state index in [-0.39, 0.29) is 17.9 Å². The van der Waals surface area contributed by atoms with Crippen LogP contribution < -0.4 is 9.62 Å². The van der Waals surface area contributed by atoms with Gasteiger partial charge in [0, 0.05) is 18.7 Å². The predicted octanol–water partition coefficient (Wildman–Crippen LogP) is 3.22. The van der Waals surface area contributed by atoms with E-state index in [1.165, 1.54) is 25.1 Å². The number of nitrogens with one attached hydrogen (secondary N) is 1. The molecule has 0 radical (unpaired) electrons. The average Bonchev–Trinajstić information content (AvgIpc) is 2.71. The molecule has 8 nitrogen and oxygen atoms in total. The highest BCUT2D eigenvalue weighted by molar-refractivity contribution is 7.92. The maximum Gasteiger partial charge on any atom is 0.271 e. The van der Waals surface area contributed by atoms with Crippen LogP contribution in [0.2, 0.25) is 0 Å². The van der Waals surface area contributed by atoms with Gasteiger partial charge in [0.15, 0.2) is 0 Å². The Kier molecular flexibility index (Phi) is 6.02. The van der Waals surface area contributed by atoms with E-state index < -0.39 is 26.9 Å². The zero-order valence-electron chi connectivity index (χ0n) is 16.5. The molecule has 0 bridgehead atoms. The molecule has 0 aliphatic carbocycles. The monoisotopic (exact) mass is 427 g/mol. The maximum atomic E-state index is 12.8. The van der Waals surface area contributed by atoms with Crippen molar-refractivity contribution in [3.63, 3.8) is 0 Å². The zero-order chi connectivity index (χ0) is 21.9. The summed E-state index contributed by atoms with van der Waals surface area (Å²) in [7, 11) is -3.87. The number of rotatable bonds is 7. The molecule has 30 heavy (non-hydrogen) atoms. The Morgan fingerprint density at radius 1 is 1.10 bits per heavy atom. The van der Waals surface area contributed by atoms with Crippen LogP contribution in [0.1, 0.15) is 12.5 Å². The first kappa shape index (κ1) is 21.3. The standard InChI is InChI=1S/C21H21N3O5S/c1-15(23(30(2,28)29)18-10-6-11-19(13-18)24(26)27)21(25)22-14-17-9-5-8-16-7-3-4-12-20(16)17/h3-13,15H,14H2,1-2H3,(H,22,25). The molecule has 9 heteroatoms. The van der Waals surface area contributed by atoms with Gasteiger partial charge >= 0.3 is 0 Å². The van der Waals surface area contributed by atoms with Crippen LogP contribution >= 0.6 is 0 Å². The van der Waals surface area contributed by atoms with Gasteiger partial charge < -0.3 is 5.32 Å². The van der Waals surface area contributed by atoms with Crippen LogP contribution in [0.3, 0.4) is 0 Å². The van der Waals surface area contributed by atoms with E-state index in [2.05, 4.69) is 5.32 Å². The van der Waals surface area contributed by atoms with Crippen LogP contribution in [-0.4, -0.2) is 31.5 Å². The van der Waals surface area contributed by atoms with Crippen LogP contribution in [0.25, 0.3) is 10.8 Å². The van der Waals surface area contributed by atoms with Gasteiger partial charge in [-0.1, -0.05) is 48.5 Å². The van der Waals surface area contributed by atoms with E-state index in [0.29, 0.717) is 0 Å². The Hall–Kier alpha value is -3.46. The fraction of sp³-hybridized carbons (Fsp3) is 0.190. The fourth-order valence-electron chi connectivity index (χ4n) is 3.33. The molecule has 3 aromatic rings. The van der Waals surface area contributed by atoms with Gasteiger partial charge in [-0.2, -0.15) is 0 Å². The van der Waals surface area contributed by atoms with E-state index in [9.17, 15) is 23.3 Å². The lowest BCUT2D eigenvalue weighted by molar-refractivity contribution is -0.384. The summed E-state index contributed by atoms with van der Waals surface area (Å²) in [4.78, 5) is 23.2. The quantitative estimate of drug-likeness (QED) is 0.460.